The lowest BCUT2D eigenvalue weighted by Crippen LogP contribution is -2.01. The third-order valence-electron chi connectivity index (χ3n) is 10.9. The van der Waals surface area contributed by atoms with E-state index < -0.39 is 0 Å². The Bertz CT molecular complexity index is 3290. The maximum Gasteiger partial charge on any atom is 0.164 e. The van der Waals surface area contributed by atoms with Crippen molar-refractivity contribution < 1.29 is 0 Å². The first-order valence-electron chi connectivity index (χ1n) is 19.2. The van der Waals surface area contributed by atoms with Crippen LogP contribution in [0.1, 0.15) is 5.56 Å². The molecule has 0 N–H and O–H groups in total. The Kier molecular flexibility index (Phi) is 7.86. The topological polar surface area (TPSA) is 43.6 Å². The maximum absolute atomic E-state index is 5.32. The van der Waals surface area contributed by atoms with Gasteiger partial charge in [0.15, 0.2) is 17.5 Å². The Labute approximate surface area is 334 Å². The van der Waals surface area contributed by atoms with Crippen LogP contribution in [-0.4, -0.2) is 19.5 Å². The van der Waals surface area contributed by atoms with Crippen molar-refractivity contribution in [2.75, 3.05) is 0 Å². The van der Waals surface area contributed by atoms with Crippen molar-refractivity contribution in [3.8, 4) is 62.1 Å². The summed E-state index contributed by atoms with van der Waals surface area (Å²) in [5, 5.41) is 4.93. The summed E-state index contributed by atoms with van der Waals surface area (Å²) in [6, 6.07) is 66.8. The normalized spacial score (nSPS) is 11.6. The highest BCUT2D eigenvalue weighted by atomic mass is 32.1. The monoisotopic (exact) mass is 746 g/mol. The second-order valence-electron chi connectivity index (χ2n) is 14.5. The van der Waals surface area contributed by atoms with Crippen molar-refractivity contribution in [2.45, 2.75) is 6.92 Å². The number of rotatable bonds is 6. The molecule has 0 aliphatic carbocycles. The zero-order valence-corrected chi connectivity index (χ0v) is 31.9. The summed E-state index contributed by atoms with van der Waals surface area (Å²) in [5.74, 6) is 1.88. The zero-order chi connectivity index (χ0) is 37.9. The lowest BCUT2D eigenvalue weighted by Gasteiger charge is -2.14. The first-order valence-corrected chi connectivity index (χ1v) is 20.0. The van der Waals surface area contributed by atoms with Crippen LogP contribution in [0, 0.1) is 6.92 Å². The third kappa shape index (κ3) is 5.79. The lowest BCUT2D eigenvalue weighted by atomic mass is 9.93. The summed E-state index contributed by atoms with van der Waals surface area (Å²) in [6.07, 6.45) is 0. The van der Waals surface area contributed by atoms with Gasteiger partial charge < -0.3 is 4.57 Å². The fourth-order valence-electron chi connectivity index (χ4n) is 8.16. The van der Waals surface area contributed by atoms with Gasteiger partial charge >= 0.3 is 0 Å². The molecular formula is C52H34N4S. The van der Waals surface area contributed by atoms with E-state index >= 15 is 0 Å². The molecule has 0 aliphatic rings. The number of thiophene rings is 1. The van der Waals surface area contributed by atoms with Gasteiger partial charge in [0, 0.05) is 53.3 Å². The first-order chi connectivity index (χ1) is 28.1. The van der Waals surface area contributed by atoms with Gasteiger partial charge in [-0.25, -0.2) is 15.0 Å². The number of nitrogens with zero attached hydrogens (tertiary/aromatic N) is 4. The number of aryl methyl sites for hydroxylation is 1. The largest absolute Gasteiger partial charge is 0.309 e. The van der Waals surface area contributed by atoms with Crippen LogP contribution in [-0.2, 0) is 0 Å². The lowest BCUT2D eigenvalue weighted by molar-refractivity contribution is 1.07. The number of benzene rings is 8. The summed E-state index contributed by atoms with van der Waals surface area (Å²) >= 11 is 1.84. The van der Waals surface area contributed by atoms with Crippen LogP contribution in [0.3, 0.4) is 0 Å². The molecule has 0 aliphatic heterocycles. The molecule has 0 spiro atoms. The molecule has 8 aromatic carbocycles. The molecule has 5 heteroatoms. The highest BCUT2D eigenvalue weighted by molar-refractivity contribution is 7.25. The van der Waals surface area contributed by atoms with E-state index in [1.165, 1.54) is 42.1 Å². The standard InChI is InChI=1S/C52H34N4S/c1-33-23-25-34(26-24-33)37-29-38(41-19-12-22-48-49(41)44-18-9-11-21-47(44)57-48)31-39(30-37)52-54-50(35-13-4-2-5-14-35)53-51(55-52)36-27-28-43-42-17-8-10-20-45(42)56(46(43)32-36)40-15-6-3-7-16-40/h2-32H,1H3. The van der Waals surface area contributed by atoms with Crippen molar-refractivity contribution in [3.05, 3.63) is 194 Å². The van der Waals surface area contributed by atoms with Gasteiger partial charge in [-0.15, -0.1) is 11.3 Å². The molecule has 57 heavy (non-hydrogen) atoms. The summed E-state index contributed by atoms with van der Waals surface area (Å²) < 4.78 is 4.89. The van der Waals surface area contributed by atoms with Crippen LogP contribution in [0.4, 0.5) is 0 Å². The molecule has 0 amide bonds. The number of fused-ring (bicyclic) bond motifs is 6. The second-order valence-corrected chi connectivity index (χ2v) is 15.6. The molecule has 0 atom stereocenters. The molecule has 4 nitrogen and oxygen atoms in total. The predicted octanol–water partition coefficient (Wildman–Crippen LogP) is 14.0. The molecule has 3 heterocycles. The molecular weight excluding hydrogens is 713 g/mol. The number of hydrogen-bond acceptors (Lipinski definition) is 4. The Morgan fingerprint density at radius 1 is 0.386 bits per heavy atom. The van der Waals surface area contributed by atoms with E-state index in [4.69, 9.17) is 15.0 Å². The number of hydrogen-bond donors (Lipinski definition) is 0. The molecule has 0 radical (unpaired) electrons. The molecule has 11 rings (SSSR count). The average Bonchev–Trinajstić information content (AvgIpc) is 3.82. The predicted molar refractivity (Wildman–Crippen MR) is 239 cm³/mol. The number of aromatic nitrogens is 4. The summed E-state index contributed by atoms with van der Waals surface area (Å²) in [7, 11) is 0. The van der Waals surface area contributed by atoms with Crippen LogP contribution in [0.15, 0.2) is 188 Å². The fraction of sp³-hybridized carbons (Fsp3) is 0.0192. The molecule has 268 valence electrons. The molecule has 0 unspecified atom stereocenters. The van der Waals surface area contributed by atoms with E-state index in [0.29, 0.717) is 17.5 Å². The van der Waals surface area contributed by atoms with E-state index in [0.717, 1.165) is 50.1 Å². The highest BCUT2D eigenvalue weighted by Crippen LogP contribution is 2.42. The van der Waals surface area contributed by atoms with E-state index in [-0.39, 0.29) is 0 Å². The fourth-order valence-corrected chi connectivity index (χ4v) is 9.29. The summed E-state index contributed by atoms with van der Waals surface area (Å²) in [6.45, 7) is 2.13. The van der Waals surface area contributed by atoms with Crippen molar-refractivity contribution in [2.24, 2.45) is 0 Å². The van der Waals surface area contributed by atoms with Crippen LogP contribution >= 0.6 is 11.3 Å². The smallest absolute Gasteiger partial charge is 0.164 e. The Balaban J connectivity index is 1.16. The van der Waals surface area contributed by atoms with Crippen molar-refractivity contribution in [1.82, 2.24) is 19.5 Å². The SMILES string of the molecule is Cc1ccc(-c2cc(-c3nc(-c4ccccc4)nc(-c4ccc5c6ccccc6n(-c6ccccc6)c5c4)n3)cc(-c3cccc4sc5ccccc5c34)c2)cc1. The molecule has 0 saturated heterocycles. The Hall–Kier alpha value is -7.21. The van der Waals surface area contributed by atoms with Gasteiger partial charge in [-0.1, -0.05) is 139 Å². The van der Waals surface area contributed by atoms with Gasteiger partial charge in [0.05, 0.1) is 11.0 Å². The summed E-state index contributed by atoms with van der Waals surface area (Å²) in [4.78, 5) is 15.7. The van der Waals surface area contributed by atoms with E-state index in [9.17, 15) is 0 Å². The van der Waals surface area contributed by atoms with Gasteiger partial charge in [0.1, 0.15) is 0 Å². The quantitative estimate of drug-likeness (QED) is 0.170. The van der Waals surface area contributed by atoms with Crippen LogP contribution in [0.2, 0.25) is 0 Å². The minimum absolute atomic E-state index is 0.624. The van der Waals surface area contributed by atoms with Gasteiger partial charge in [-0.2, -0.15) is 0 Å². The second kappa shape index (κ2) is 13.5. The molecule has 3 aromatic heterocycles. The average molecular weight is 747 g/mol. The molecule has 11 aromatic rings. The van der Waals surface area contributed by atoms with E-state index in [1.807, 2.05) is 29.5 Å². The van der Waals surface area contributed by atoms with E-state index in [2.05, 4.69) is 181 Å². The third-order valence-corrected chi connectivity index (χ3v) is 12.0. The zero-order valence-electron chi connectivity index (χ0n) is 31.1. The molecule has 0 bridgehead atoms. The van der Waals surface area contributed by atoms with Crippen molar-refractivity contribution in [1.29, 1.82) is 0 Å². The van der Waals surface area contributed by atoms with Crippen LogP contribution < -0.4 is 0 Å². The van der Waals surface area contributed by atoms with Gasteiger partial charge in [-0.3, -0.25) is 0 Å². The minimum atomic E-state index is 0.624. The van der Waals surface area contributed by atoms with Crippen LogP contribution in [0.5, 0.6) is 0 Å². The van der Waals surface area contributed by atoms with Gasteiger partial charge in [0.25, 0.3) is 0 Å². The van der Waals surface area contributed by atoms with Gasteiger partial charge in [0.2, 0.25) is 0 Å². The first kappa shape index (κ1) is 33.2. The van der Waals surface area contributed by atoms with Crippen molar-refractivity contribution >= 4 is 53.3 Å². The molecule has 0 fully saturated rings. The Morgan fingerprint density at radius 2 is 0.982 bits per heavy atom. The molecule has 0 saturated carbocycles. The van der Waals surface area contributed by atoms with Crippen LogP contribution in [0.25, 0.3) is 104 Å². The van der Waals surface area contributed by atoms with Crippen molar-refractivity contribution in [3.63, 3.8) is 0 Å². The van der Waals surface area contributed by atoms with E-state index in [1.54, 1.807) is 0 Å². The maximum atomic E-state index is 5.32. The number of para-hydroxylation sites is 2. The summed E-state index contributed by atoms with van der Waals surface area (Å²) in [5.41, 5.74) is 11.9. The van der Waals surface area contributed by atoms with Gasteiger partial charge in [-0.05, 0) is 83.8 Å². The minimum Gasteiger partial charge on any atom is -0.309 e. The highest BCUT2D eigenvalue weighted by Gasteiger charge is 2.19. The Morgan fingerprint density at radius 3 is 1.79 bits per heavy atom.